The van der Waals surface area contributed by atoms with Crippen molar-refractivity contribution < 1.29 is 9.59 Å². The number of hydrogen-bond acceptors (Lipinski definition) is 5. The summed E-state index contributed by atoms with van der Waals surface area (Å²) in [5, 5.41) is 4.69. The fourth-order valence-corrected chi connectivity index (χ4v) is 6.65. The van der Waals surface area contributed by atoms with Gasteiger partial charge in [-0.1, -0.05) is 67.6 Å². The average Bonchev–Trinajstić information content (AvgIpc) is 3.03. The fraction of sp³-hybridized carbons (Fsp3) is 0.375. The van der Waals surface area contributed by atoms with Gasteiger partial charge in [0.15, 0.2) is 0 Å². The Labute approximate surface area is 236 Å². The first-order chi connectivity index (χ1) is 18.9. The molecular weight excluding hydrogens is 504 g/mol. The van der Waals surface area contributed by atoms with Crippen LogP contribution in [-0.2, 0) is 6.54 Å². The van der Waals surface area contributed by atoms with E-state index in [0.29, 0.717) is 29.9 Å². The topological polar surface area (TPSA) is 64.7 Å². The highest BCUT2D eigenvalue weighted by atomic mass is 32.2. The van der Waals surface area contributed by atoms with Gasteiger partial charge in [-0.05, 0) is 74.0 Å². The second kappa shape index (κ2) is 12.4. The van der Waals surface area contributed by atoms with Crippen LogP contribution in [0, 0.1) is 18.8 Å². The Kier molecular flexibility index (Phi) is 8.70. The van der Waals surface area contributed by atoms with E-state index >= 15 is 0 Å². The highest BCUT2D eigenvalue weighted by Gasteiger charge is 2.28. The molecule has 0 bridgehead atoms. The molecule has 6 nitrogen and oxygen atoms in total. The molecule has 7 heteroatoms. The number of anilines is 1. The van der Waals surface area contributed by atoms with Crippen LogP contribution < -0.4 is 15.8 Å². The van der Waals surface area contributed by atoms with Crippen molar-refractivity contribution in [2.24, 2.45) is 11.8 Å². The third-order valence-corrected chi connectivity index (χ3v) is 8.59. The number of nitrogens with one attached hydrogen (secondary N) is 2. The zero-order valence-electron chi connectivity index (χ0n) is 23.1. The molecule has 2 unspecified atom stereocenters. The lowest BCUT2D eigenvalue weighted by molar-refractivity contribution is 0.0943. The molecule has 2 aliphatic rings. The molecule has 5 rings (SSSR count). The van der Waals surface area contributed by atoms with E-state index in [1.807, 2.05) is 42.5 Å². The van der Waals surface area contributed by atoms with Crippen molar-refractivity contribution in [2.75, 3.05) is 31.2 Å². The molecule has 2 amide bonds. The standard InChI is InChI=1S/C32H38N4O2S/c1-22-9-11-25(12-10-22)19-34-36-28-18-26(13-14-30(28)39-29-8-5-4-7-27(29)32(36)38)31(37)33-15-6-16-35-20-23(2)17-24(3)21-35/h4-5,7-14,18,23-24,34H,6,15-17,19-21H2,1-3H3,(H,33,37). The summed E-state index contributed by atoms with van der Waals surface area (Å²) in [5.74, 6) is 1.22. The SMILES string of the molecule is Cc1ccc(CNN2C(=O)c3ccccc3Sc3ccc(C(=O)NCCCN4CC(C)CC(C)C4)cc32)cc1. The van der Waals surface area contributed by atoms with Gasteiger partial charge < -0.3 is 10.2 Å². The Hall–Kier alpha value is -3.13. The van der Waals surface area contributed by atoms with Crippen molar-refractivity contribution in [3.63, 3.8) is 0 Å². The van der Waals surface area contributed by atoms with E-state index in [0.717, 1.165) is 53.2 Å². The number of hydrogen-bond donors (Lipinski definition) is 2. The van der Waals surface area contributed by atoms with E-state index in [4.69, 9.17) is 0 Å². The van der Waals surface area contributed by atoms with Gasteiger partial charge in [0.25, 0.3) is 11.8 Å². The third kappa shape index (κ3) is 6.72. The quantitative estimate of drug-likeness (QED) is 0.347. The Balaban J connectivity index is 1.30. The van der Waals surface area contributed by atoms with Crippen LogP contribution in [0.3, 0.4) is 0 Å². The lowest BCUT2D eigenvalue weighted by Crippen LogP contribution is -2.43. The van der Waals surface area contributed by atoms with E-state index in [2.05, 4.69) is 60.7 Å². The van der Waals surface area contributed by atoms with Crippen molar-refractivity contribution in [1.82, 2.24) is 15.6 Å². The molecule has 39 heavy (non-hydrogen) atoms. The molecule has 1 fully saturated rings. The number of benzene rings is 3. The molecule has 3 aromatic rings. The Morgan fingerprint density at radius 2 is 1.72 bits per heavy atom. The first-order valence-corrected chi connectivity index (χ1v) is 14.7. The molecule has 204 valence electrons. The highest BCUT2D eigenvalue weighted by molar-refractivity contribution is 7.99. The molecule has 1 saturated heterocycles. The number of aryl methyl sites for hydroxylation is 1. The van der Waals surface area contributed by atoms with Gasteiger partial charge >= 0.3 is 0 Å². The van der Waals surface area contributed by atoms with E-state index in [9.17, 15) is 9.59 Å². The molecule has 0 radical (unpaired) electrons. The van der Waals surface area contributed by atoms with Crippen LogP contribution in [0.15, 0.2) is 76.5 Å². The van der Waals surface area contributed by atoms with E-state index in [1.165, 1.54) is 12.0 Å². The summed E-state index contributed by atoms with van der Waals surface area (Å²) in [5.41, 5.74) is 7.49. The summed E-state index contributed by atoms with van der Waals surface area (Å²) < 4.78 is 0. The monoisotopic (exact) mass is 542 g/mol. The molecule has 0 saturated carbocycles. The van der Waals surface area contributed by atoms with Crippen molar-refractivity contribution in [1.29, 1.82) is 0 Å². The minimum absolute atomic E-state index is 0.115. The van der Waals surface area contributed by atoms with Crippen LogP contribution >= 0.6 is 11.8 Å². The third-order valence-electron chi connectivity index (χ3n) is 7.45. The number of nitrogens with zero attached hydrogens (tertiary/aromatic N) is 2. The Morgan fingerprint density at radius 1 is 0.974 bits per heavy atom. The Bertz CT molecular complexity index is 1320. The molecule has 0 aromatic heterocycles. The van der Waals surface area contributed by atoms with Crippen LogP contribution in [0.5, 0.6) is 0 Å². The molecule has 0 spiro atoms. The van der Waals surface area contributed by atoms with Gasteiger partial charge in [0.1, 0.15) is 0 Å². The van der Waals surface area contributed by atoms with Crippen molar-refractivity contribution in [3.05, 3.63) is 89.0 Å². The summed E-state index contributed by atoms with van der Waals surface area (Å²) in [4.78, 5) is 31.2. The second-order valence-corrected chi connectivity index (χ2v) is 12.1. The van der Waals surface area contributed by atoms with Gasteiger partial charge in [0.2, 0.25) is 0 Å². The normalized spacial score (nSPS) is 19.3. The number of fused-ring (bicyclic) bond motifs is 2. The summed E-state index contributed by atoms with van der Waals surface area (Å²) >= 11 is 1.55. The molecule has 2 heterocycles. The number of carbonyl (C=O) groups excluding carboxylic acids is 2. The second-order valence-electron chi connectivity index (χ2n) is 11.1. The average molecular weight is 543 g/mol. The van der Waals surface area contributed by atoms with Crippen molar-refractivity contribution in [3.8, 4) is 0 Å². The predicted molar refractivity (Wildman–Crippen MR) is 158 cm³/mol. The molecule has 0 aliphatic carbocycles. The first kappa shape index (κ1) is 27.4. The minimum Gasteiger partial charge on any atom is -0.352 e. The summed E-state index contributed by atoms with van der Waals surface area (Å²) in [6.45, 7) is 11.1. The molecule has 2 N–H and O–H groups in total. The van der Waals surface area contributed by atoms with Crippen LogP contribution in [0.2, 0.25) is 0 Å². The summed E-state index contributed by atoms with van der Waals surface area (Å²) in [6.07, 6.45) is 2.22. The Morgan fingerprint density at radius 3 is 2.49 bits per heavy atom. The van der Waals surface area contributed by atoms with Crippen LogP contribution in [0.4, 0.5) is 5.69 Å². The van der Waals surface area contributed by atoms with Crippen LogP contribution in [0.25, 0.3) is 0 Å². The molecular formula is C32H38N4O2S. The zero-order chi connectivity index (χ0) is 27.4. The highest BCUT2D eigenvalue weighted by Crippen LogP contribution is 2.41. The fourth-order valence-electron chi connectivity index (χ4n) is 5.61. The largest absolute Gasteiger partial charge is 0.352 e. The van der Waals surface area contributed by atoms with Crippen molar-refractivity contribution in [2.45, 2.75) is 49.9 Å². The minimum atomic E-state index is -0.133. The smallest absolute Gasteiger partial charge is 0.273 e. The number of amides is 2. The van der Waals surface area contributed by atoms with Crippen LogP contribution in [-0.4, -0.2) is 42.9 Å². The zero-order valence-corrected chi connectivity index (χ0v) is 23.9. The van der Waals surface area contributed by atoms with E-state index < -0.39 is 0 Å². The maximum atomic E-state index is 13.7. The van der Waals surface area contributed by atoms with Crippen molar-refractivity contribution >= 4 is 29.3 Å². The first-order valence-electron chi connectivity index (χ1n) is 13.9. The van der Waals surface area contributed by atoms with Gasteiger partial charge in [0, 0.05) is 41.5 Å². The molecule has 2 aliphatic heterocycles. The number of piperidine rings is 1. The number of carbonyl (C=O) groups is 2. The number of hydrazine groups is 1. The maximum Gasteiger partial charge on any atom is 0.273 e. The summed E-state index contributed by atoms with van der Waals surface area (Å²) in [7, 11) is 0. The lowest BCUT2D eigenvalue weighted by Gasteiger charge is -2.34. The van der Waals surface area contributed by atoms with Gasteiger partial charge in [-0.15, -0.1) is 0 Å². The lowest BCUT2D eigenvalue weighted by atomic mass is 9.92. The van der Waals surface area contributed by atoms with E-state index in [-0.39, 0.29) is 11.8 Å². The molecule has 2 atom stereocenters. The maximum absolute atomic E-state index is 13.7. The summed E-state index contributed by atoms with van der Waals surface area (Å²) in [6, 6.07) is 21.5. The van der Waals surface area contributed by atoms with Gasteiger partial charge in [0.05, 0.1) is 11.3 Å². The predicted octanol–water partition coefficient (Wildman–Crippen LogP) is 5.91. The number of likely N-dealkylation sites (tertiary alicyclic amines) is 1. The van der Waals surface area contributed by atoms with Gasteiger partial charge in [-0.3, -0.25) is 9.59 Å². The molecule has 3 aromatic carbocycles. The van der Waals surface area contributed by atoms with E-state index in [1.54, 1.807) is 16.8 Å². The van der Waals surface area contributed by atoms with Gasteiger partial charge in [-0.25, -0.2) is 10.4 Å². The number of rotatable bonds is 8. The van der Waals surface area contributed by atoms with Crippen LogP contribution in [0.1, 0.15) is 58.5 Å². The van der Waals surface area contributed by atoms with Gasteiger partial charge in [-0.2, -0.15) is 0 Å².